The van der Waals surface area contributed by atoms with Gasteiger partial charge >= 0.3 is 0 Å². The highest BCUT2D eigenvalue weighted by Crippen LogP contribution is 2.40. The van der Waals surface area contributed by atoms with E-state index in [4.69, 9.17) is 28.8 Å². The van der Waals surface area contributed by atoms with Crippen molar-refractivity contribution in [3.63, 3.8) is 0 Å². The first-order valence-corrected chi connectivity index (χ1v) is 17.7. The van der Waals surface area contributed by atoms with E-state index in [-0.39, 0.29) is 0 Å². The van der Waals surface area contributed by atoms with Crippen molar-refractivity contribution < 1.29 is 8.83 Å². The van der Waals surface area contributed by atoms with Gasteiger partial charge < -0.3 is 8.83 Å². The second-order valence-electron chi connectivity index (χ2n) is 13.3. The summed E-state index contributed by atoms with van der Waals surface area (Å²) in [5, 5.41) is 6.31. The van der Waals surface area contributed by atoms with Crippen molar-refractivity contribution in [1.29, 1.82) is 0 Å². The van der Waals surface area contributed by atoms with Crippen LogP contribution in [0.3, 0.4) is 0 Å². The summed E-state index contributed by atoms with van der Waals surface area (Å²) >= 11 is 0. The highest BCUT2D eigenvalue weighted by atomic mass is 16.4. The molecule has 0 fully saturated rings. The Morgan fingerprint density at radius 3 is 1.93 bits per heavy atom. The molecule has 11 aromatic rings. The predicted molar refractivity (Wildman–Crippen MR) is 215 cm³/mol. The Labute approximate surface area is 308 Å². The second kappa shape index (κ2) is 12.0. The Morgan fingerprint density at radius 1 is 0.389 bits per heavy atom. The average Bonchev–Trinajstić information content (AvgIpc) is 3.85. The highest BCUT2D eigenvalue weighted by Gasteiger charge is 2.20. The molecule has 4 aromatic heterocycles. The van der Waals surface area contributed by atoms with Crippen LogP contribution in [0, 0.1) is 0 Å². The van der Waals surface area contributed by atoms with Gasteiger partial charge in [0.2, 0.25) is 5.89 Å². The summed E-state index contributed by atoms with van der Waals surface area (Å²) in [5.74, 6) is 2.32. The van der Waals surface area contributed by atoms with E-state index in [1.807, 2.05) is 66.7 Å². The number of oxazole rings is 1. The van der Waals surface area contributed by atoms with E-state index in [9.17, 15) is 0 Å². The van der Waals surface area contributed by atoms with Crippen LogP contribution in [0.2, 0.25) is 0 Å². The molecule has 0 aliphatic carbocycles. The molecule has 4 heterocycles. The Morgan fingerprint density at radius 2 is 1.06 bits per heavy atom. The fraction of sp³-hybridized carbons (Fsp3) is 0. The van der Waals surface area contributed by atoms with E-state index in [0.717, 1.165) is 88.0 Å². The minimum Gasteiger partial charge on any atom is -0.456 e. The summed E-state index contributed by atoms with van der Waals surface area (Å²) in [7, 11) is 0. The zero-order chi connectivity index (χ0) is 35.6. The van der Waals surface area contributed by atoms with Crippen molar-refractivity contribution in [2.75, 3.05) is 0 Å². The van der Waals surface area contributed by atoms with E-state index in [2.05, 4.69) is 89.9 Å². The number of para-hydroxylation sites is 1. The molecule has 11 rings (SSSR count). The van der Waals surface area contributed by atoms with E-state index >= 15 is 0 Å². The van der Waals surface area contributed by atoms with Crippen molar-refractivity contribution in [2.45, 2.75) is 0 Å². The van der Waals surface area contributed by atoms with Crippen molar-refractivity contribution in [3.05, 3.63) is 164 Å². The fourth-order valence-electron chi connectivity index (χ4n) is 7.55. The van der Waals surface area contributed by atoms with Gasteiger partial charge in [0.25, 0.3) is 0 Å². The van der Waals surface area contributed by atoms with E-state index in [0.29, 0.717) is 23.4 Å². The number of aromatic nitrogens is 5. The third kappa shape index (κ3) is 4.87. The van der Waals surface area contributed by atoms with Gasteiger partial charge in [0.1, 0.15) is 16.7 Å². The first-order valence-electron chi connectivity index (χ1n) is 17.7. The number of hydrogen-bond donors (Lipinski definition) is 0. The molecule has 0 amide bonds. The monoisotopic (exact) mass is 693 g/mol. The molecule has 7 aromatic carbocycles. The molecule has 0 aliphatic heterocycles. The van der Waals surface area contributed by atoms with Gasteiger partial charge in [-0.05, 0) is 75.1 Å². The average molecular weight is 694 g/mol. The molecule has 0 unspecified atom stereocenters. The highest BCUT2D eigenvalue weighted by molar-refractivity contribution is 6.17. The number of pyridine rings is 1. The summed E-state index contributed by atoms with van der Waals surface area (Å²) in [6.07, 6.45) is 3.54. The molecule has 54 heavy (non-hydrogen) atoms. The first kappa shape index (κ1) is 30.1. The lowest BCUT2D eigenvalue weighted by Crippen LogP contribution is -2.01. The van der Waals surface area contributed by atoms with Crippen molar-refractivity contribution in [2.24, 2.45) is 0 Å². The maximum atomic E-state index is 6.45. The predicted octanol–water partition coefficient (Wildman–Crippen LogP) is 11.9. The van der Waals surface area contributed by atoms with Crippen LogP contribution in [0.4, 0.5) is 0 Å². The normalized spacial score (nSPS) is 11.7. The fourth-order valence-corrected chi connectivity index (χ4v) is 7.55. The molecule has 252 valence electrons. The third-order valence-corrected chi connectivity index (χ3v) is 10.1. The third-order valence-electron chi connectivity index (χ3n) is 10.1. The molecule has 0 aliphatic rings. The Bertz CT molecular complexity index is 3230. The maximum Gasteiger partial charge on any atom is 0.227 e. The van der Waals surface area contributed by atoms with Crippen LogP contribution in [0.1, 0.15) is 0 Å². The molecule has 0 spiro atoms. The largest absolute Gasteiger partial charge is 0.456 e. The quantitative estimate of drug-likeness (QED) is 0.177. The van der Waals surface area contributed by atoms with Gasteiger partial charge in [0.05, 0.1) is 5.39 Å². The Balaban J connectivity index is 1.05. The second-order valence-corrected chi connectivity index (χ2v) is 13.3. The van der Waals surface area contributed by atoms with Crippen LogP contribution >= 0.6 is 0 Å². The SMILES string of the molecule is c1cncc(-c2nc(-c3cccc(-c4ccc(-c5nc6c(ccc7oc8ccccc8c76)o5)c5ccccc45)c3)nc(-c3cccc4ccccc34)n2)c1. The summed E-state index contributed by atoms with van der Waals surface area (Å²) < 4.78 is 12.6. The number of fused-ring (bicyclic) bond motifs is 7. The number of benzene rings is 7. The lowest BCUT2D eigenvalue weighted by Gasteiger charge is -2.12. The van der Waals surface area contributed by atoms with Crippen LogP contribution < -0.4 is 0 Å². The smallest absolute Gasteiger partial charge is 0.227 e. The van der Waals surface area contributed by atoms with Crippen LogP contribution in [0.5, 0.6) is 0 Å². The van der Waals surface area contributed by atoms with Gasteiger partial charge in [0, 0.05) is 40.0 Å². The van der Waals surface area contributed by atoms with Crippen LogP contribution in [0.25, 0.3) is 111 Å². The van der Waals surface area contributed by atoms with Crippen LogP contribution in [0.15, 0.2) is 173 Å². The minimum atomic E-state index is 0.563. The van der Waals surface area contributed by atoms with Crippen LogP contribution in [-0.4, -0.2) is 24.9 Å². The molecule has 0 radical (unpaired) electrons. The van der Waals surface area contributed by atoms with Gasteiger partial charge in [-0.3, -0.25) is 4.98 Å². The zero-order valence-corrected chi connectivity index (χ0v) is 28.6. The van der Waals surface area contributed by atoms with Crippen molar-refractivity contribution >= 4 is 54.6 Å². The van der Waals surface area contributed by atoms with Gasteiger partial charge in [0.15, 0.2) is 23.1 Å². The molecule has 7 heteroatoms. The van der Waals surface area contributed by atoms with Crippen molar-refractivity contribution in [3.8, 4) is 56.7 Å². The molecule has 0 saturated carbocycles. The zero-order valence-electron chi connectivity index (χ0n) is 28.6. The molecule has 0 bridgehead atoms. The number of hydrogen-bond acceptors (Lipinski definition) is 7. The Hall–Kier alpha value is -7.51. The molecule has 0 atom stereocenters. The summed E-state index contributed by atoms with van der Waals surface area (Å²) in [5.41, 5.74) is 8.80. The summed E-state index contributed by atoms with van der Waals surface area (Å²) in [4.78, 5) is 24.5. The van der Waals surface area contributed by atoms with Crippen LogP contribution in [-0.2, 0) is 0 Å². The summed E-state index contributed by atoms with van der Waals surface area (Å²) in [6, 6.07) is 51.3. The lowest BCUT2D eigenvalue weighted by atomic mass is 9.94. The molecule has 0 N–H and O–H groups in total. The molecular weight excluding hydrogens is 667 g/mol. The number of furan rings is 1. The van der Waals surface area contributed by atoms with Crippen molar-refractivity contribution in [1.82, 2.24) is 24.9 Å². The molecular formula is C47H27N5O2. The van der Waals surface area contributed by atoms with Gasteiger partial charge in [-0.2, -0.15) is 0 Å². The standard InChI is InChI=1S/C47H27N5O2/c1-2-15-32-28(10-1)11-8-19-36(32)46-51-44(50-45(52-46)31-14-9-25-48-27-31)30-13-7-12-29(26-30)33-21-22-37(35-17-4-3-16-34(33)35)47-49-43-41(54-47)24-23-40-42(43)38-18-5-6-20-39(38)53-40/h1-27H. The lowest BCUT2D eigenvalue weighted by molar-refractivity contribution is 0.620. The number of nitrogens with zero attached hydrogens (tertiary/aromatic N) is 5. The van der Waals surface area contributed by atoms with Gasteiger partial charge in [-0.25, -0.2) is 19.9 Å². The topological polar surface area (TPSA) is 90.7 Å². The van der Waals surface area contributed by atoms with E-state index in [1.165, 1.54) is 0 Å². The van der Waals surface area contributed by atoms with E-state index in [1.54, 1.807) is 12.4 Å². The first-order chi connectivity index (χ1) is 26.7. The summed E-state index contributed by atoms with van der Waals surface area (Å²) in [6.45, 7) is 0. The molecule has 7 nitrogen and oxygen atoms in total. The number of rotatable bonds is 5. The minimum absolute atomic E-state index is 0.563. The van der Waals surface area contributed by atoms with Gasteiger partial charge in [-0.1, -0.05) is 109 Å². The van der Waals surface area contributed by atoms with E-state index < -0.39 is 0 Å². The Kier molecular flexibility index (Phi) is 6.72. The maximum absolute atomic E-state index is 6.45. The molecule has 0 saturated heterocycles. The van der Waals surface area contributed by atoms with Gasteiger partial charge in [-0.15, -0.1) is 0 Å².